The Balaban J connectivity index is 2.03. The molecule has 8 heteroatoms. The van der Waals surface area contributed by atoms with Gasteiger partial charge in [0.05, 0.1) is 11.3 Å². The second-order valence-electron chi connectivity index (χ2n) is 5.35. The predicted octanol–water partition coefficient (Wildman–Crippen LogP) is 2.17. The summed E-state index contributed by atoms with van der Waals surface area (Å²) in [6.45, 7) is 3.89. The zero-order valence-corrected chi connectivity index (χ0v) is 14.6. The van der Waals surface area contributed by atoms with Crippen molar-refractivity contribution in [1.29, 1.82) is 0 Å². The monoisotopic (exact) mass is 346 g/mol. The van der Waals surface area contributed by atoms with Gasteiger partial charge >= 0.3 is 0 Å². The molecule has 0 aliphatic heterocycles. The van der Waals surface area contributed by atoms with Gasteiger partial charge in [0.2, 0.25) is 17.8 Å². The summed E-state index contributed by atoms with van der Waals surface area (Å²) in [4.78, 5) is 24.2. The maximum atomic E-state index is 12.5. The highest BCUT2D eigenvalue weighted by molar-refractivity contribution is 8.00. The van der Waals surface area contributed by atoms with Crippen LogP contribution in [-0.4, -0.2) is 26.1 Å². The van der Waals surface area contributed by atoms with Gasteiger partial charge in [0.15, 0.2) is 5.16 Å². The second kappa shape index (κ2) is 8.49. The highest BCUT2D eigenvalue weighted by Crippen LogP contribution is 2.23. The molecule has 0 aliphatic rings. The lowest BCUT2D eigenvalue weighted by Crippen LogP contribution is -2.34. The lowest BCUT2D eigenvalue weighted by molar-refractivity contribution is -0.121. The molecular formula is C16H22N6OS. The highest BCUT2D eigenvalue weighted by atomic mass is 32.2. The molecule has 0 aliphatic carbocycles. The zero-order chi connectivity index (χ0) is 17.5. The average molecular weight is 346 g/mol. The summed E-state index contributed by atoms with van der Waals surface area (Å²) in [6, 6.07) is 9.93. The molecule has 1 aromatic heterocycles. The number of nitrogen functional groups attached to an aromatic ring is 2. The number of carbonyl (C=O) groups is 1. The highest BCUT2D eigenvalue weighted by Gasteiger charge is 2.20. The van der Waals surface area contributed by atoms with Crippen molar-refractivity contribution in [3.05, 3.63) is 35.9 Å². The van der Waals surface area contributed by atoms with Crippen molar-refractivity contribution in [2.24, 2.45) is 0 Å². The minimum atomic E-state index is -0.380. The molecule has 0 radical (unpaired) electrons. The number of hydrogen-bond donors (Lipinski definition) is 3. The standard InChI is InChI=1S/C16H22N6OS/c1-3-7-12(11-8-5-4-6-9-11)19-13(23)10(2)24-16-21-14(17)20-15(18)22-16/h4-6,8-10,12H,3,7H2,1-2H3,(H,19,23)(H4,17,18,20,21,22)/t10-,12+/m0/s1. The number of rotatable bonds is 7. The predicted molar refractivity (Wildman–Crippen MR) is 96.2 cm³/mol. The van der Waals surface area contributed by atoms with Crippen LogP contribution in [0.5, 0.6) is 0 Å². The van der Waals surface area contributed by atoms with Gasteiger partial charge in [-0.2, -0.15) is 15.0 Å². The number of aromatic nitrogens is 3. The summed E-state index contributed by atoms with van der Waals surface area (Å²) in [7, 11) is 0. The average Bonchev–Trinajstić information content (AvgIpc) is 2.54. The Morgan fingerprint density at radius 3 is 2.38 bits per heavy atom. The zero-order valence-electron chi connectivity index (χ0n) is 13.8. The van der Waals surface area contributed by atoms with Crippen molar-refractivity contribution in [2.75, 3.05) is 11.5 Å². The van der Waals surface area contributed by atoms with E-state index in [4.69, 9.17) is 11.5 Å². The van der Waals surface area contributed by atoms with E-state index >= 15 is 0 Å². The molecule has 1 heterocycles. The number of benzene rings is 1. The third-order valence-electron chi connectivity index (χ3n) is 3.40. The molecule has 2 atom stereocenters. The molecule has 2 rings (SSSR count). The van der Waals surface area contributed by atoms with E-state index in [0.29, 0.717) is 5.16 Å². The maximum absolute atomic E-state index is 12.5. The van der Waals surface area contributed by atoms with Crippen molar-refractivity contribution in [2.45, 2.75) is 43.1 Å². The van der Waals surface area contributed by atoms with Crippen LogP contribution in [-0.2, 0) is 4.79 Å². The van der Waals surface area contributed by atoms with Gasteiger partial charge in [-0.15, -0.1) is 0 Å². The van der Waals surface area contributed by atoms with Gasteiger partial charge in [-0.3, -0.25) is 4.79 Å². The van der Waals surface area contributed by atoms with Crippen molar-refractivity contribution in [3.63, 3.8) is 0 Å². The van der Waals surface area contributed by atoms with Gasteiger partial charge in [0.25, 0.3) is 0 Å². The molecule has 7 nitrogen and oxygen atoms in total. The fourth-order valence-electron chi connectivity index (χ4n) is 2.24. The number of hydrogen-bond acceptors (Lipinski definition) is 7. The molecule has 0 fully saturated rings. The normalized spacial score (nSPS) is 13.2. The van der Waals surface area contributed by atoms with Gasteiger partial charge in [-0.05, 0) is 18.9 Å². The largest absolute Gasteiger partial charge is 0.368 e. The van der Waals surface area contributed by atoms with Crippen LogP contribution < -0.4 is 16.8 Å². The molecule has 0 saturated heterocycles. The van der Waals surface area contributed by atoms with Crippen molar-refractivity contribution >= 4 is 29.6 Å². The molecule has 0 spiro atoms. The number of nitrogens with zero attached hydrogens (tertiary/aromatic N) is 3. The first-order chi connectivity index (χ1) is 11.5. The van der Waals surface area contributed by atoms with E-state index in [9.17, 15) is 4.79 Å². The fraction of sp³-hybridized carbons (Fsp3) is 0.375. The number of nitrogens with one attached hydrogen (secondary N) is 1. The van der Waals surface area contributed by atoms with Crippen molar-refractivity contribution < 1.29 is 4.79 Å². The number of thioether (sulfide) groups is 1. The van der Waals surface area contributed by atoms with E-state index in [1.807, 2.05) is 30.3 Å². The minimum Gasteiger partial charge on any atom is -0.368 e. The number of anilines is 2. The van der Waals surface area contributed by atoms with Gasteiger partial charge in [-0.1, -0.05) is 55.4 Å². The Labute approximate surface area is 145 Å². The minimum absolute atomic E-state index is 0.0137. The second-order valence-corrected chi connectivity index (χ2v) is 6.66. The number of carbonyl (C=O) groups excluding carboxylic acids is 1. The van der Waals surface area contributed by atoms with Crippen LogP contribution in [0.1, 0.15) is 38.3 Å². The molecule has 2 aromatic rings. The first kappa shape index (κ1) is 18.0. The van der Waals surface area contributed by atoms with Crippen LogP contribution in [0, 0.1) is 0 Å². The van der Waals surface area contributed by atoms with E-state index in [-0.39, 0.29) is 29.1 Å². The molecule has 1 amide bonds. The summed E-state index contributed by atoms with van der Waals surface area (Å²) < 4.78 is 0. The van der Waals surface area contributed by atoms with E-state index < -0.39 is 0 Å². The third kappa shape index (κ3) is 5.09. The van der Waals surface area contributed by atoms with Gasteiger partial charge in [0, 0.05) is 0 Å². The fourth-order valence-corrected chi connectivity index (χ4v) is 3.02. The van der Waals surface area contributed by atoms with Crippen LogP contribution >= 0.6 is 11.8 Å². The smallest absolute Gasteiger partial charge is 0.233 e. The first-order valence-electron chi connectivity index (χ1n) is 7.78. The molecule has 24 heavy (non-hydrogen) atoms. The Kier molecular flexibility index (Phi) is 6.36. The molecule has 1 aromatic carbocycles. The van der Waals surface area contributed by atoms with Crippen LogP contribution in [0.2, 0.25) is 0 Å². The molecule has 128 valence electrons. The van der Waals surface area contributed by atoms with E-state index in [1.54, 1.807) is 6.92 Å². The lowest BCUT2D eigenvalue weighted by atomic mass is 10.0. The maximum Gasteiger partial charge on any atom is 0.233 e. The van der Waals surface area contributed by atoms with Crippen LogP contribution in [0.15, 0.2) is 35.5 Å². The Morgan fingerprint density at radius 2 is 1.79 bits per heavy atom. The Hall–Kier alpha value is -2.35. The molecule has 0 saturated carbocycles. The summed E-state index contributed by atoms with van der Waals surface area (Å²) >= 11 is 1.20. The molecular weight excluding hydrogens is 324 g/mol. The van der Waals surface area contributed by atoms with Crippen LogP contribution in [0.3, 0.4) is 0 Å². The van der Waals surface area contributed by atoms with Crippen LogP contribution in [0.4, 0.5) is 11.9 Å². The van der Waals surface area contributed by atoms with E-state index in [2.05, 4.69) is 27.2 Å². The summed E-state index contributed by atoms with van der Waals surface area (Å²) in [6.07, 6.45) is 1.85. The lowest BCUT2D eigenvalue weighted by Gasteiger charge is -2.20. The Bertz CT molecular complexity index is 661. The molecule has 0 bridgehead atoms. The van der Waals surface area contributed by atoms with E-state index in [1.165, 1.54) is 11.8 Å². The molecule has 0 unspecified atom stereocenters. The van der Waals surface area contributed by atoms with E-state index in [0.717, 1.165) is 18.4 Å². The van der Waals surface area contributed by atoms with Crippen LogP contribution in [0.25, 0.3) is 0 Å². The quantitative estimate of drug-likeness (QED) is 0.657. The van der Waals surface area contributed by atoms with Gasteiger partial charge in [-0.25, -0.2) is 0 Å². The van der Waals surface area contributed by atoms with Gasteiger partial charge in [0.1, 0.15) is 0 Å². The first-order valence-corrected chi connectivity index (χ1v) is 8.66. The molecule has 5 N–H and O–H groups in total. The number of nitrogens with two attached hydrogens (primary N) is 2. The van der Waals surface area contributed by atoms with Crippen molar-refractivity contribution in [3.8, 4) is 0 Å². The summed E-state index contributed by atoms with van der Waals surface area (Å²) in [5.74, 6) is 0.0105. The third-order valence-corrected chi connectivity index (χ3v) is 4.36. The number of amides is 1. The topological polar surface area (TPSA) is 120 Å². The van der Waals surface area contributed by atoms with Crippen molar-refractivity contribution in [1.82, 2.24) is 20.3 Å². The van der Waals surface area contributed by atoms with Gasteiger partial charge < -0.3 is 16.8 Å². The SMILES string of the molecule is CCC[C@@H](NC(=O)[C@H](C)Sc1nc(N)nc(N)n1)c1ccccc1. The Morgan fingerprint density at radius 1 is 1.17 bits per heavy atom. The summed E-state index contributed by atoms with van der Waals surface area (Å²) in [5.41, 5.74) is 12.2. The summed E-state index contributed by atoms with van der Waals surface area (Å²) in [5, 5.41) is 3.05.